The minimum atomic E-state index is -0.205. The van der Waals surface area contributed by atoms with E-state index in [0.29, 0.717) is 0 Å². The van der Waals surface area contributed by atoms with Crippen LogP contribution in [0.4, 0.5) is 0 Å². The van der Waals surface area contributed by atoms with Crippen LogP contribution < -0.4 is 0 Å². The molecule has 46 valence electrons. The SMILES string of the molecule is C[P+]1(C)C2C1[P+]2(C)C. The summed E-state index contributed by atoms with van der Waals surface area (Å²) >= 11 is 0. The van der Waals surface area contributed by atoms with Gasteiger partial charge in [0, 0.05) is 0 Å². The molecule has 2 saturated heterocycles. The summed E-state index contributed by atoms with van der Waals surface area (Å²) in [5.74, 6) is 0. The topological polar surface area (TPSA) is 0 Å². The molecule has 0 saturated carbocycles. The van der Waals surface area contributed by atoms with Crippen LogP contribution in [0.5, 0.6) is 0 Å². The zero-order valence-corrected chi connectivity index (χ0v) is 7.84. The van der Waals surface area contributed by atoms with Gasteiger partial charge in [-0.1, -0.05) is 0 Å². The zero-order valence-electron chi connectivity index (χ0n) is 6.05. The molecule has 0 unspecified atom stereocenters. The second kappa shape index (κ2) is 1.04. The number of hydrogen-bond acceptors (Lipinski definition) is 0. The van der Waals surface area contributed by atoms with Crippen molar-refractivity contribution in [3.63, 3.8) is 0 Å². The Morgan fingerprint density at radius 1 is 0.750 bits per heavy atom. The molecular formula is C6H14P2+2. The van der Waals surface area contributed by atoms with Crippen LogP contribution in [-0.2, 0) is 0 Å². The predicted molar refractivity (Wildman–Crippen MR) is 45.1 cm³/mol. The number of fused-ring (bicyclic) bond motifs is 1. The average Bonchev–Trinajstić information content (AvgIpc) is 2.24. The van der Waals surface area contributed by atoms with Crippen LogP contribution in [0.3, 0.4) is 0 Å². The summed E-state index contributed by atoms with van der Waals surface area (Å²) in [6, 6.07) is 0. The third-order valence-corrected chi connectivity index (χ3v) is 16.4. The van der Waals surface area contributed by atoms with Gasteiger partial charge < -0.3 is 0 Å². The van der Waals surface area contributed by atoms with Crippen molar-refractivity contribution in [2.45, 2.75) is 10.8 Å². The van der Waals surface area contributed by atoms with Gasteiger partial charge in [-0.25, -0.2) is 0 Å². The fourth-order valence-corrected chi connectivity index (χ4v) is 22.3. The van der Waals surface area contributed by atoms with Gasteiger partial charge in [-0.05, 0) is 0 Å². The molecule has 2 heteroatoms. The van der Waals surface area contributed by atoms with Crippen LogP contribution in [0.1, 0.15) is 0 Å². The molecule has 0 aromatic rings. The van der Waals surface area contributed by atoms with Gasteiger partial charge >= 0.3 is 0 Å². The second-order valence-electron chi connectivity index (χ2n) is 4.09. The molecule has 0 amide bonds. The largest absolute Gasteiger partial charge is 0.245 e. The van der Waals surface area contributed by atoms with Crippen molar-refractivity contribution in [2.75, 3.05) is 26.7 Å². The van der Waals surface area contributed by atoms with E-state index < -0.39 is 0 Å². The molecule has 0 aromatic carbocycles. The third kappa shape index (κ3) is 0.381. The van der Waals surface area contributed by atoms with E-state index in [1.165, 1.54) is 10.8 Å². The highest BCUT2D eigenvalue weighted by Gasteiger charge is 3.03. The summed E-state index contributed by atoms with van der Waals surface area (Å²) < 4.78 is 0. The lowest BCUT2D eigenvalue weighted by Crippen LogP contribution is -1.85. The standard InChI is InChI=1S/C6H14P2/c1-7(2)5-6(7)8(5,3)4/h5-6H,1-4H3/q+2. The highest BCUT2D eigenvalue weighted by atomic mass is 31.3. The maximum Gasteiger partial charge on any atom is 0.245 e. The van der Waals surface area contributed by atoms with Gasteiger partial charge in [-0.2, -0.15) is 0 Å². The van der Waals surface area contributed by atoms with E-state index in [1.54, 1.807) is 0 Å². The van der Waals surface area contributed by atoms with Crippen molar-refractivity contribution in [1.82, 2.24) is 0 Å². The Kier molecular flexibility index (Phi) is 0.732. The maximum atomic E-state index is 2.52. The van der Waals surface area contributed by atoms with Crippen molar-refractivity contribution in [1.29, 1.82) is 0 Å². The van der Waals surface area contributed by atoms with E-state index in [4.69, 9.17) is 0 Å². The van der Waals surface area contributed by atoms with Crippen molar-refractivity contribution in [3.8, 4) is 0 Å². The van der Waals surface area contributed by atoms with E-state index in [2.05, 4.69) is 26.7 Å². The summed E-state index contributed by atoms with van der Waals surface area (Å²) in [5, 5.41) is 2.60. The lowest BCUT2D eigenvalue weighted by molar-refractivity contribution is 1.73. The first-order valence-corrected chi connectivity index (χ1v) is 8.80. The Morgan fingerprint density at radius 2 is 1.00 bits per heavy atom. The molecule has 0 aromatic heterocycles. The first-order chi connectivity index (χ1) is 3.49. The van der Waals surface area contributed by atoms with Gasteiger partial charge in [0.05, 0.1) is 26.7 Å². The molecule has 0 radical (unpaired) electrons. The molecule has 2 rings (SSSR count). The Morgan fingerprint density at radius 3 is 1.00 bits per heavy atom. The fraction of sp³-hybridized carbons (Fsp3) is 1.00. The number of rotatable bonds is 0. The zero-order chi connectivity index (χ0) is 6.15. The lowest BCUT2D eigenvalue weighted by atomic mass is 11.0. The van der Waals surface area contributed by atoms with Crippen LogP contribution in [0.15, 0.2) is 0 Å². The Balaban J connectivity index is 2.13. The maximum absolute atomic E-state index is 2.52. The van der Waals surface area contributed by atoms with Gasteiger partial charge in [0.1, 0.15) is 14.5 Å². The van der Waals surface area contributed by atoms with E-state index >= 15 is 0 Å². The van der Waals surface area contributed by atoms with Gasteiger partial charge in [0.15, 0.2) is 0 Å². The summed E-state index contributed by atoms with van der Waals surface area (Å²) in [6.45, 7) is 10.1. The molecule has 0 atom stereocenters. The fourth-order valence-electron chi connectivity index (χ4n) is 2.48. The van der Waals surface area contributed by atoms with Gasteiger partial charge in [-0.15, -0.1) is 0 Å². The van der Waals surface area contributed by atoms with Gasteiger partial charge in [0.2, 0.25) is 10.8 Å². The minimum absolute atomic E-state index is 0.205. The molecule has 0 spiro atoms. The molecule has 0 bridgehead atoms. The van der Waals surface area contributed by atoms with E-state index in [1.807, 2.05) is 0 Å². The van der Waals surface area contributed by atoms with E-state index in [-0.39, 0.29) is 14.5 Å². The Labute approximate surface area is 52.7 Å². The molecule has 0 nitrogen and oxygen atoms in total. The summed E-state index contributed by atoms with van der Waals surface area (Å²) in [4.78, 5) is 0. The van der Waals surface area contributed by atoms with E-state index in [9.17, 15) is 0 Å². The molecule has 8 heavy (non-hydrogen) atoms. The third-order valence-electron chi connectivity index (χ3n) is 2.81. The molecule has 2 heterocycles. The molecular weight excluding hydrogens is 134 g/mol. The second-order valence-corrected chi connectivity index (χ2v) is 13.6. The van der Waals surface area contributed by atoms with E-state index in [0.717, 1.165) is 0 Å². The Hall–Kier alpha value is 0.860. The minimum Gasteiger partial charge on any atom is 0.0570 e. The summed E-state index contributed by atoms with van der Waals surface area (Å²) in [7, 11) is -0.410. The first-order valence-electron chi connectivity index (χ1n) is 3.15. The van der Waals surface area contributed by atoms with Crippen LogP contribution in [-0.4, -0.2) is 37.5 Å². The van der Waals surface area contributed by atoms with Crippen LogP contribution in [0.2, 0.25) is 0 Å². The van der Waals surface area contributed by atoms with Crippen molar-refractivity contribution in [2.24, 2.45) is 0 Å². The molecule has 0 N–H and O–H groups in total. The summed E-state index contributed by atoms with van der Waals surface area (Å²) in [5.41, 5.74) is 0. The van der Waals surface area contributed by atoms with Gasteiger partial charge in [-0.3, -0.25) is 0 Å². The molecule has 0 aliphatic carbocycles. The average molecular weight is 148 g/mol. The Bertz CT molecular complexity index is 119. The summed E-state index contributed by atoms with van der Waals surface area (Å²) in [6.07, 6.45) is 0. The quantitative estimate of drug-likeness (QED) is 0.462. The molecule has 2 aliphatic rings. The van der Waals surface area contributed by atoms with Crippen LogP contribution in [0.25, 0.3) is 0 Å². The lowest BCUT2D eigenvalue weighted by Gasteiger charge is -2.05. The smallest absolute Gasteiger partial charge is 0.0570 e. The van der Waals surface area contributed by atoms with Crippen LogP contribution in [0, 0.1) is 0 Å². The first kappa shape index (κ1) is 5.63. The van der Waals surface area contributed by atoms with Crippen molar-refractivity contribution >= 4 is 14.5 Å². The van der Waals surface area contributed by atoms with Crippen LogP contribution >= 0.6 is 14.5 Å². The predicted octanol–water partition coefficient (Wildman–Crippen LogP) is 2.22. The van der Waals surface area contributed by atoms with Crippen molar-refractivity contribution < 1.29 is 0 Å². The molecule has 2 fully saturated rings. The monoisotopic (exact) mass is 148 g/mol. The normalized spacial score (nSPS) is 52.5. The highest BCUT2D eigenvalue weighted by Crippen LogP contribution is 3.16. The highest BCUT2D eigenvalue weighted by molar-refractivity contribution is 8.19. The van der Waals surface area contributed by atoms with Crippen molar-refractivity contribution in [3.05, 3.63) is 0 Å². The van der Waals surface area contributed by atoms with Gasteiger partial charge in [0.25, 0.3) is 0 Å². The molecule has 2 aliphatic heterocycles. The number of hydrogen-bond donors (Lipinski definition) is 0.